The van der Waals surface area contributed by atoms with Crippen LogP contribution in [0.1, 0.15) is 64.6 Å². The van der Waals surface area contributed by atoms with E-state index in [0.29, 0.717) is 5.56 Å². The maximum Gasteiger partial charge on any atom is 0.416 e. The van der Waals surface area contributed by atoms with Crippen molar-refractivity contribution in [2.45, 2.75) is 63.1 Å². The first-order valence-electron chi connectivity index (χ1n) is 12.1. The molecule has 5 rings (SSSR count). The molecular formula is C26H25F6N5O. The highest BCUT2D eigenvalue weighted by Crippen LogP contribution is 2.43. The van der Waals surface area contributed by atoms with E-state index in [1.807, 2.05) is 6.92 Å². The minimum atomic E-state index is -4.71. The minimum absolute atomic E-state index is 0.0108. The Morgan fingerprint density at radius 3 is 2.45 bits per heavy atom. The summed E-state index contributed by atoms with van der Waals surface area (Å²) >= 11 is 0. The Kier molecular flexibility index (Phi) is 6.28. The molecule has 1 aliphatic carbocycles. The number of benzene rings is 2. The molecule has 1 aromatic heterocycles. The van der Waals surface area contributed by atoms with E-state index in [0.717, 1.165) is 53.3 Å². The van der Waals surface area contributed by atoms with Gasteiger partial charge in [0, 0.05) is 35.9 Å². The molecule has 12 heteroatoms. The third-order valence-electron chi connectivity index (χ3n) is 7.50. The predicted molar refractivity (Wildman–Crippen MR) is 126 cm³/mol. The van der Waals surface area contributed by atoms with Crippen molar-refractivity contribution in [2.24, 2.45) is 7.05 Å². The summed E-state index contributed by atoms with van der Waals surface area (Å²) in [7, 11) is 1.31. The molecule has 0 saturated heterocycles. The van der Waals surface area contributed by atoms with Gasteiger partial charge in [-0.3, -0.25) is 4.79 Å². The van der Waals surface area contributed by atoms with Crippen LogP contribution in [0.25, 0.3) is 0 Å². The van der Waals surface area contributed by atoms with Crippen LogP contribution in [0.3, 0.4) is 0 Å². The Hall–Kier alpha value is -3.41. The Bertz CT molecular complexity index is 1380. The molecule has 202 valence electrons. The summed E-state index contributed by atoms with van der Waals surface area (Å²) in [6.45, 7) is 1.72. The first-order valence-corrected chi connectivity index (χ1v) is 12.1. The van der Waals surface area contributed by atoms with Crippen LogP contribution in [0.5, 0.6) is 0 Å². The van der Waals surface area contributed by atoms with Crippen LogP contribution in [-0.2, 0) is 32.0 Å². The summed E-state index contributed by atoms with van der Waals surface area (Å²) in [6.07, 6.45) is -4.31. The van der Waals surface area contributed by atoms with Crippen LogP contribution in [0.4, 0.5) is 32.0 Å². The zero-order valence-corrected chi connectivity index (χ0v) is 20.6. The summed E-state index contributed by atoms with van der Waals surface area (Å²) in [5.41, 5.74) is -4.96. The van der Waals surface area contributed by atoms with Crippen molar-refractivity contribution in [3.8, 4) is 0 Å². The van der Waals surface area contributed by atoms with E-state index in [9.17, 15) is 26.7 Å². The Morgan fingerprint density at radius 2 is 1.87 bits per heavy atom. The SMILES string of the molecule is Cn1cnnc1[C@@](F)(c1cccc(N2Cc3c(cc(CNC4(C)CCC4)cc3C(F)(F)F)C2=O)c1)C(F)F. The van der Waals surface area contributed by atoms with Gasteiger partial charge in [0.25, 0.3) is 18.0 Å². The topological polar surface area (TPSA) is 63.1 Å². The van der Waals surface area contributed by atoms with Crippen LogP contribution >= 0.6 is 0 Å². The molecule has 0 spiro atoms. The van der Waals surface area contributed by atoms with Crippen LogP contribution < -0.4 is 10.2 Å². The van der Waals surface area contributed by atoms with Crippen molar-refractivity contribution in [3.05, 3.63) is 76.4 Å². The number of amides is 1. The van der Waals surface area contributed by atoms with E-state index in [4.69, 9.17) is 0 Å². The number of nitrogens with zero attached hydrogens (tertiary/aromatic N) is 4. The van der Waals surface area contributed by atoms with Crippen LogP contribution in [0.2, 0.25) is 0 Å². The summed E-state index contributed by atoms with van der Waals surface area (Å²) in [5.74, 6) is -1.36. The second-order valence-corrected chi connectivity index (χ2v) is 10.2. The molecule has 1 atom stereocenters. The number of nitrogens with one attached hydrogen (secondary N) is 1. The first kappa shape index (κ1) is 26.2. The predicted octanol–water partition coefficient (Wildman–Crippen LogP) is 5.50. The van der Waals surface area contributed by atoms with Gasteiger partial charge in [0.05, 0.1) is 12.1 Å². The van der Waals surface area contributed by atoms with E-state index >= 15 is 4.39 Å². The van der Waals surface area contributed by atoms with E-state index in [2.05, 4.69) is 15.5 Å². The average Bonchev–Trinajstić information content (AvgIpc) is 3.43. The van der Waals surface area contributed by atoms with Crippen molar-refractivity contribution < 1.29 is 31.1 Å². The lowest BCUT2D eigenvalue weighted by Gasteiger charge is -2.39. The van der Waals surface area contributed by atoms with Gasteiger partial charge < -0.3 is 14.8 Å². The Balaban J connectivity index is 1.51. The molecule has 2 heterocycles. The fourth-order valence-corrected chi connectivity index (χ4v) is 5.10. The number of aromatic nitrogens is 3. The molecule has 1 fully saturated rings. The Morgan fingerprint density at radius 1 is 1.13 bits per heavy atom. The highest BCUT2D eigenvalue weighted by atomic mass is 19.4. The minimum Gasteiger partial charge on any atom is -0.318 e. The summed E-state index contributed by atoms with van der Waals surface area (Å²) < 4.78 is 87.1. The lowest BCUT2D eigenvalue weighted by Crippen LogP contribution is -2.47. The second-order valence-electron chi connectivity index (χ2n) is 10.2. The van der Waals surface area contributed by atoms with E-state index < -0.39 is 47.7 Å². The number of hydrogen-bond acceptors (Lipinski definition) is 4. The van der Waals surface area contributed by atoms with Gasteiger partial charge in [0.1, 0.15) is 6.33 Å². The summed E-state index contributed by atoms with van der Waals surface area (Å²) in [5, 5.41) is 10.3. The summed E-state index contributed by atoms with van der Waals surface area (Å²) in [6, 6.07) is 7.26. The first-order chi connectivity index (χ1) is 17.8. The quantitative estimate of drug-likeness (QED) is 0.404. The number of carbonyl (C=O) groups is 1. The lowest BCUT2D eigenvalue weighted by molar-refractivity contribution is -0.138. The zero-order valence-electron chi connectivity index (χ0n) is 20.6. The lowest BCUT2D eigenvalue weighted by atomic mass is 9.78. The van der Waals surface area contributed by atoms with E-state index in [1.54, 1.807) is 0 Å². The maximum absolute atomic E-state index is 15.9. The highest BCUT2D eigenvalue weighted by Gasteiger charge is 2.49. The monoisotopic (exact) mass is 537 g/mol. The molecule has 2 aromatic carbocycles. The fraction of sp³-hybridized carbons (Fsp3) is 0.423. The molecule has 0 bridgehead atoms. The van der Waals surface area contributed by atoms with Crippen molar-refractivity contribution in [3.63, 3.8) is 0 Å². The van der Waals surface area contributed by atoms with Gasteiger partial charge in [-0.25, -0.2) is 13.2 Å². The molecule has 38 heavy (non-hydrogen) atoms. The van der Waals surface area contributed by atoms with Crippen LogP contribution in [-0.4, -0.2) is 32.6 Å². The second kappa shape index (κ2) is 9.11. The van der Waals surface area contributed by atoms with Gasteiger partial charge in [-0.2, -0.15) is 13.2 Å². The van der Waals surface area contributed by atoms with Crippen molar-refractivity contribution in [2.75, 3.05) is 4.90 Å². The fourth-order valence-electron chi connectivity index (χ4n) is 5.10. The van der Waals surface area contributed by atoms with Gasteiger partial charge in [0.2, 0.25) is 0 Å². The summed E-state index contributed by atoms with van der Waals surface area (Å²) in [4.78, 5) is 14.4. The Labute approximate surface area is 214 Å². The zero-order chi connectivity index (χ0) is 27.5. The highest BCUT2D eigenvalue weighted by molar-refractivity contribution is 6.10. The number of anilines is 1. The van der Waals surface area contributed by atoms with Gasteiger partial charge in [-0.15, -0.1) is 10.2 Å². The van der Waals surface area contributed by atoms with Gasteiger partial charge >= 0.3 is 6.18 Å². The molecule has 0 unspecified atom stereocenters. The molecule has 3 aromatic rings. The van der Waals surface area contributed by atoms with E-state index in [1.165, 1.54) is 25.2 Å². The molecule has 1 N–H and O–H groups in total. The van der Waals surface area contributed by atoms with Gasteiger partial charge in [-0.1, -0.05) is 12.1 Å². The number of alkyl halides is 6. The van der Waals surface area contributed by atoms with Gasteiger partial charge in [0.15, 0.2) is 5.82 Å². The molecule has 0 radical (unpaired) electrons. The number of hydrogen-bond donors (Lipinski definition) is 1. The van der Waals surface area contributed by atoms with E-state index in [-0.39, 0.29) is 28.9 Å². The molecular weight excluding hydrogens is 512 g/mol. The smallest absolute Gasteiger partial charge is 0.318 e. The van der Waals surface area contributed by atoms with Crippen molar-refractivity contribution >= 4 is 11.6 Å². The number of rotatable bonds is 7. The molecule has 6 nitrogen and oxygen atoms in total. The average molecular weight is 538 g/mol. The van der Waals surface area contributed by atoms with Crippen molar-refractivity contribution in [1.29, 1.82) is 0 Å². The number of carbonyl (C=O) groups excluding carboxylic acids is 1. The normalized spacial score (nSPS) is 18.4. The third-order valence-corrected chi connectivity index (χ3v) is 7.50. The molecule has 2 aliphatic rings. The maximum atomic E-state index is 15.9. The van der Waals surface area contributed by atoms with Crippen LogP contribution in [0.15, 0.2) is 42.7 Å². The number of aryl methyl sites for hydroxylation is 1. The third kappa shape index (κ3) is 4.34. The molecule has 1 saturated carbocycles. The number of fused-ring (bicyclic) bond motifs is 1. The number of halogens is 6. The van der Waals surface area contributed by atoms with Crippen molar-refractivity contribution in [1.82, 2.24) is 20.1 Å². The molecule has 1 amide bonds. The molecule has 1 aliphatic heterocycles. The largest absolute Gasteiger partial charge is 0.416 e. The van der Waals surface area contributed by atoms with Gasteiger partial charge in [-0.05, 0) is 61.6 Å². The standard InChI is InChI=1S/C26H25F6N5O/c1-24(7-4-8-24)33-12-15-9-18-19(20(10-15)26(30,31)32)13-37(21(18)38)17-6-3-5-16(11-17)25(29,22(27)28)23-35-34-14-36(23)2/h3,5-6,9-11,14,22,33H,4,7-8,12-13H2,1-2H3/t25-/m1/s1. The van der Waals surface area contributed by atoms with Crippen LogP contribution in [0, 0.1) is 0 Å².